The van der Waals surface area contributed by atoms with Crippen LogP contribution in [0.3, 0.4) is 0 Å². The van der Waals surface area contributed by atoms with Crippen LogP contribution in [0.5, 0.6) is 0 Å². The van der Waals surface area contributed by atoms with Crippen molar-refractivity contribution in [2.24, 2.45) is 0 Å². The molecule has 14 heavy (non-hydrogen) atoms. The molecule has 1 N–H and O–H groups in total. The molecule has 0 saturated carbocycles. The van der Waals surface area contributed by atoms with Gasteiger partial charge < -0.3 is 9.50 Å². The van der Waals surface area contributed by atoms with Crippen LogP contribution in [0, 0.1) is 0 Å². The Bertz CT molecular complexity index is 102. The number of thiol groups is 1. The van der Waals surface area contributed by atoms with Gasteiger partial charge in [0.15, 0.2) is 0 Å². The van der Waals surface area contributed by atoms with Crippen molar-refractivity contribution in [3.8, 4) is 0 Å². The van der Waals surface area contributed by atoms with E-state index in [4.69, 9.17) is 0 Å². The predicted molar refractivity (Wildman–Crippen MR) is 63.4 cm³/mol. The van der Waals surface area contributed by atoms with Gasteiger partial charge in [0, 0.05) is 13.7 Å². The van der Waals surface area contributed by atoms with Gasteiger partial charge in [-0.3, -0.25) is 4.79 Å². The summed E-state index contributed by atoms with van der Waals surface area (Å²) in [7, 11) is 1.49. The number of nitrogens with one attached hydrogen (secondary N) is 1. The van der Waals surface area contributed by atoms with E-state index in [9.17, 15) is 4.79 Å². The Morgan fingerprint density at radius 1 is 1.21 bits per heavy atom. The highest BCUT2D eigenvalue weighted by Crippen LogP contribution is 2.03. The molecule has 0 aliphatic carbocycles. The molecule has 1 amide bonds. The third-order valence-electron chi connectivity index (χ3n) is 1.76. The third kappa shape index (κ3) is 22.6. The quantitative estimate of drug-likeness (QED) is 0.286. The molecule has 0 aromatic heterocycles. The van der Waals surface area contributed by atoms with E-state index in [0.29, 0.717) is 0 Å². The minimum Gasteiger partial charge on any atom is -0.359 e. The van der Waals surface area contributed by atoms with Crippen LogP contribution in [0.15, 0.2) is 0 Å². The second-order valence-corrected chi connectivity index (χ2v) is 3.39. The smallest absolute Gasteiger partial charge is 0.207 e. The monoisotopic (exact) mass is 221 g/mol. The van der Waals surface area contributed by atoms with Crippen LogP contribution in [0.1, 0.15) is 45.4 Å². The van der Waals surface area contributed by atoms with E-state index in [1.165, 1.54) is 39.2 Å². The molecule has 0 aromatic carbocycles. The van der Waals surface area contributed by atoms with E-state index in [1.54, 1.807) is 0 Å². The minimum atomic E-state index is 0.770. The summed E-state index contributed by atoms with van der Waals surface area (Å²) in [5, 5.41) is 2.66. The number of hydrogen-bond acceptors (Lipinski definition) is 3. The lowest BCUT2D eigenvalue weighted by atomic mass is 10.1. The molecule has 0 aromatic rings. The summed E-state index contributed by atoms with van der Waals surface area (Å²) in [5.41, 5.74) is 0. The number of unbranched alkanes of at least 4 members (excludes halogenated alkanes) is 5. The summed E-state index contributed by atoms with van der Waals surface area (Å²) < 4.78 is 3.94. The van der Waals surface area contributed by atoms with Gasteiger partial charge in [-0.1, -0.05) is 39.0 Å². The Labute approximate surface area is 93.2 Å². The topological polar surface area (TPSA) is 38.3 Å². The summed E-state index contributed by atoms with van der Waals surface area (Å²) in [5.74, 6) is 0. The third-order valence-corrected chi connectivity index (χ3v) is 1.76. The Balaban J connectivity index is 0. The van der Waals surface area contributed by atoms with E-state index in [1.807, 2.05) is 0 Å². The van der Waals surface area contributed by atoms with Crippen molar-refractivity contribution < 1.29 is 8.98 Å². The molecule has 0 aliphatic heterocycles. The standard InChI is InChI=1S/C9H19NO.CH4OS/c1-2-3-4-5-6-7-8-10-9-11;1-2-3/h9H,2-8H2,1H3,(H,10,11);3H,1H3. The van der Waals surface area contributed by atoms with Crippen molar-refractivity contribution in [3.63, 3.8) is 0 Å². The van der Waals surface area contributed by atoms with E-state index in [-0.39, 0.29) is 0 Å². The first-order valence-corrected chi connectivity index (χ1v) is 5.54. The molecule has 0 bridgehead atoms. The molecular formula is C10H23NO2S. The Kier molecular flexibility index (Phi) is 21.5. The van der Waals surface area contributed by atoms with Gasteiger partial charge >= 0.3 is 0 Å². The summed E-state index contributed by atoms with van der Waals surface area (Å²) in [4.78, 5) is 9.83. The van der Waals surface area contributed by atoms with Gasteiger partial charge in [-0.15, -0.1) is 0 Å². The zero-order valence-electron chi connectivity index (χ0n) is 9.29. The fourth-order valence-electron chi connectivity index (χ4n) is 1.07. The summed E-state index contributed by atoms with van der Waals surface area (Å²) in [6.07, 6.45) is 8.45. The zero-order chi connectivity index (χ0) is 11.1. The molecule has 0 unspecified atom stereocenters. The normalized spacial score (nSPS) is 8.79. The second-order valence-electron chi connectivity index (χ2n) is 3.02. The predicted octanol–water partition coefficient (Wildman–Crippen LogP) is 2.57. The number of carbonyl (C=O) groups is 1. The highest BCUT2D eigenvalue weighted by molar-refractivity contribution is 7.75. The second kappa shape index (κ2) is 18.5. The first-order chi connectivity index (χ1) is 6.83. The van der Waals surface area contributed by atoms with Gasteiger partial charge in [0.05, 0.1) is 0 Å². The van der Waals surface area contributed by atoms with Gasteiger partial charge in [0.25, 0.3) is 0 Å². The molecule has 0 radical (unpaired) electrons. The maximum atomic E-state index is 9.83. The number of carbonyl (C=O) groups excluding carboxylic acids is 1. The van der Waals surface area contributed by atoms with Crippen LogP contribution >= 0.6 is 12.9 Å². The van der Waals surface area contributed by atoms with Crippen molar-refractivity contribution in [1.82, 2.24) is 5.32 Å². The number of hydrogen-bond donors (Lipinski definition) is 2. The Morgan fingerprint density at radius 2 is 1.71 bits per heavy atom. The lowest BCUT2D eigenvalue weighted by Crippen LogP contribution is -2.11. The van der Waals surface area contributed by atoms with Crippen molar-refractivity contribution >= 4 is 19.3 Å². The lowest BCUT2D eigenvalue weighted by Gasteiger charge is -1.98. The average molecular weight is 221 g/mol. The molecule has 0 heterocycles. The Hall–Kier alpha value is -0.220. The van der Waals surface area contributed by atoms with Gasteiger partial charge in [-0.05, 0) is 19.3 Å². The van der Waals surface area contributed by atoms with Gasteiger partial charge in [0.1, 0.15) is 0 Å². The van der Waals surface area contributed by atoms with E-state index >= 15 is 0 Å². The van der Waals surface area contributed by atoms with Crippen LogP contribution in [-0.2, 0) is 8.98 Å². The van der Waals surface area contributed by atoms with Crippen molar-refractivity contribution in [2.75, 3.05) is 13.7 Å². The number of rotatable bonds is 8. The molecular weight excluding hydrogens is 198 g/mol. The minimum absolute atomic E-state index is 0.770. The van der Waals surface area contributed by atoms with Gasteiger partial charge in [-0.2, -0.15) is 0 Å². The molecule has 0 fully saturated rings. The van der Waals surface area contributed by atoms with E-state index in [0.717, 1.165) is 19.4 Å². The van der Waals surface area contributed by atoms with E-state index in [2.05, 4.69) is 29.3 Å². The highest BCUT2D eigenvalue weighted by atomic mass is 32.1. The molecule has 3 nitrogen and oxygen atoms in total. The van der Waals surface area contributed by atoms with E-state index < -0.39 is 0 Å². The lowest BCUT2D eigenvalue weighted by molar-refractivity contribution is -0.109. The van der Waals surface area contributed by atoms with Crippen molar-refractivity contribution in [3.05, 3.63) is 0 Å². The van der Waals surface area contributed by atoms with Gasteiger partial charge in [-0.25, -0.2) is 0 Å². The molecule has 4 heteroatoms. The Morgan fingerprint density at radius 3 is 2.21 bits per heavy atom. The molecule has 0 spiro atoms. The average Bonchev–Trinajstić information content (AvgIpc) is 2.18. The van der Waals surface area contributed by atoms with Gasteiger partial charge in [0.2, 0.25) is 6.41 Å². The first kappa shape index (κ1) is 16.2. The van der Waals surface area contributed by atoms with Crippen LogP contribution in [0.25, 0.3) is 0 Å². The van der Waals surface area contributed by atoms with Crippen LogP contribution < -0.4 is 5.32 Å². The fourth-order valence-corrected chi connectivity index (χ4v) is 1.07. The molecule has 0 saturated heterocycles. The van der Waals surface area contributed by atoms with Crippen molar-refractivity contribution in [1.29, 1.82) is 0 Å². The molecule has 0 atom stereocenters. The van der Waals surface area contributed by atoms with Crippen LogP contribution in [-0.4, -0.2) is 20.1 Å². The molecule has 0 rings (SSSR count). The zero-order valence-corrected chi connectivity index (χ0v) is 10.2. The first-order valence-electron chi connectivity index (χ1n) is 5.18. The number of amides is 1. The highest BCUT2D eigenvalue weighted by Gasteiger charge is 1.88. The maximum Gasteiger partial charge on any atom is 0.207 e. The summed E-state index contributed by atoms with van der Waals surface area (Å²) in [6, 6.07) is 0. The van der Waals surface area contributed by atoms with Crippen LogP contribution in [0.2, 0.25) is 0 Å². The van der Waals surface area contributed by atoms with Crippen LogP contribution in [0.4, 0.5) is 0 Å². The molecule has 86 valence electrons. The summed E-state index contributed by atoms with van der Waals surface area (Å²) >= 11 is 3.29. The largest absolute Gasteiger partial charge is 0.359 e. The SMILES string of the molecule is CCCCCCCCNC=O.COS. The molecule has 0 aliphatic rings. The fraction of sp³-hybridized carbons (Fsp3) is 0.900. The maximum absolute atomic E-state index is 9.83. The summed E-state index contributed by atoms with van der Waals surface area (Å²) in [6.45, 7) is 3.06. The van der Waals surface area contributed by atoms with Crippen molar-refractivity contribution in [2.45, 2.75) is 45.4 Å².